The average Bonchev–Trinajstić information content (AvgIpc) is 2.32. The zero-order valence-electron chi connectivity index (χ0n) is 12.1. The van der Waals surface area contributed by atoms with Crippen LogP contribution in [0.25, 0.3) is 0 Å². The number of carbonyl (C=O) groups excluding carboxylic acids is 1. The molecule has 0 fully saturated rings. The summed E-state index contributed by atoms with van der Waals surface area (Å²) >= 11 is 0. The zero-order valence-corrected chi connectivity index (χ0v) is 12.1. The highest BCUT2D eigenvalue weighted by Gasteiger charge is 2.16. The number of carboxylic acid groups (broad SMARTS) is 1. The van der Waals surface area contributed by atoms with Crippen molar-refractivity contribution in [1.82, 2.24) is 5.32 Å². The summed E-state index contributed by atoms with van der Waals surface area (Å²) in [5.74, 6) is -1.28. The van der Waals surface area contributed by atoms with Crippen LogP contribution in [0.2, 0.25) is 0 Å². The Labute approximate surface area is 113 Å². The highest BCUT2D eigenvalue weighted by Crippen LogP contribution is 2.22. The fraction of sp³-hybridized carbons (Fsp3) is 0.467. The van der Waals surface area contributed by atoms with Crippen molar-refractivity contribution in [2.45, 2.75) is 47.1 Å². The molecule has 4 heteroatoms. The third-order valence-electron chi connectivity index (χ3n) is 3.61. The lowest BCUT2D eigenvalue weighted by Crippen LogP contribution is -2.39. The number of hydrogen-bond acceptors (Lipinski definition) is 2. The Morgan fingerprint density at radius 3 is 2.05 bits per heavy atom. The van der Waals surface area contributed by atoms with Crippen molar-refractivity contribution >= 4 is 11.9 Å². The lowest BCUT2D eigenvalue weighted by molar-refractivity contribution is -0.141. The first-order valence-corrected chi connectivity index (χ1v) is 6.32. The van der Waals surface area contributed by atoms with E-state index in [9.17, 15) is 9.59 Å². The molecule has 0 spiro atoms. The highest BCUT2D eigenvalue weighted by atomic mass is 16.4. The van der Waals surface area contributed by atoms with Crippen LogP contribution >= 0.6 is 0 Å². The van der Waals surface area contributed by atoms with Crippen molar-refractivity contribution < 1.29 is 14.7 Å². The number of aliphatic carboxylic acids is 1. The lowest BCUT2D eigenvalue weighted by atomic mass is 9.92. The Balaban J connectivity index is 2.94. The first kappa shape index (κ1) is 15.2. The molecular formula is C15H21NO3. The van der Waals surface area contributed by atoms with E-state index in [1.54, 1.807) is 0 Å². The molecule has 0 bridgehead atoms. The SMILES string of the molecule is Cc1cc(C)c(C)c(CC(=O)NC(C)C(=O)O)c1C. The van der Waals surface area contributed by atoms with Crippen LogP contribution in [-0.4, -0.2) is 23.0 Å². The third kappa shape index (κ3) is 3.56. The second-order valence-corrected chi connectivity index (χ2v) is 5.04. The summed E-state index contributed by atoms with van der Waals surface area (Å²) < 4.78 is 0. The maximum absolute atomic E-state index is 11.9. The van der Waals surface area contributed by atoms with Gasteiger partial charge in [0.05, 0.1) is 6.42 Å². The largest absolute Gasteiger partial charge is 0.480 e. The molecule has 1 aromatic rings. The van der Waals surface area contributed by atoms with Crippen LogP contribution in [0, 0.1) is 27.7 Å². The number of rotatable bonds is 4. The molecule has 0 saturated heterocycles. The van der Waals surface area contributed by atoms with Crippen LogP contribution in [0.5, 0.6) is 0 Å². The minimum absolute atomic E-state index is 0.220. The van der Waals surface area contributed by atoms with Gasteiger partial charge in [0.1, 0.15) is 6.04 Å². The fourth-order valence-corrected chi connectivity index (χ4v) is 2.08. The van der Waals surface area contributed by atoms with Crippen LogP contribution in [0.15, 0.2) is 6.07 Å². The summed E-state index contributed by atoms with van der Waals surface area (Å²) in [4.78, 5) is 22.6. The fourth-order valence-electron chi connectivity index (χ4n) is 2.08. The van der Waals surface area contributed by atoms with Gasteiger partial charge in [-0.25, -0.2) is 0 Å². The number of benzene rings is 1. The van der Waals surface area contributed by atoms with Crippen LogP contribution in [0.4, 0.5) is 0 Å². The molecule has 0 aliphatic heterocycles. The monoisotopic (exact) mass is 263 g/mol. The molecule has 0 aromatic heterocycles. The first-order chi connectivity index (χ1) is 8.73. The van der Waals surface area contributed by atoms with Gasteiger partial charge < -0.3 is 10.4 Å². The molecule has 0 aliphatic rings. The van der Waals surface area contributed by atoms with Gasteiger partial charge in [0, 0.05) is 0 Å². The maximum atomic E-state index is 11.9. The number of aryl methyl sites for hydroxylation is 2. The van der Waals surface area contributed by atoms with Gasteiger partial charge in [0.15, 0.2) is 0 Å². The highest BCUT2D eigenvalue weighted by molar-refractivity contribution is 5.85. The molecule has 0 aliphatic carbocycles. The summed E-state index contributed by atoms with van der Waals surface area (Å²) in [6.45, 7) is 9.48. The average molecular weight is 263 g/mol. The third-order valence-corrected chi connectivity index (χ3v) is 3.61. The summed E-state index contributed by atoms with van der Waals surface area (Å²) in [5, 5.41) is 11.3. The molecule has 1 atom stereocenters. The Hall–Kier alpha value is -1.84. The Morgan fingerprint density at radius 1 is 1.16 bits per heavy atom. The van der Waals surface area contributed by atoms with Crippen molar-refractivity contribution in [3.63, 3.8) is 0 Å². The van der Waals surface area contributed by atoms with Gasteiger partial charge in [-0.15, -0.1) is 0 Å². The van der Waals surface area contributed by atoms with Gasteiger partial charge in [0.25, 0.3) is 0 Å². The molecule has 104 valence electrons. The van der Waals surface area contributed by atoms with E-state index >= 15 is 0 Å². The van der Waals surface area contributed by atoms with E-state index in [1.165, 1.54) is 6.92 Å². The van der Waals surface area contributed by atoms with Crippen molar-refractivity contribution in [2.24, 2.45) is 0 Å². The number of carboxylic acids is 1. The molecule has 1 unspecified atom stereocenters. The van der Waals surface area contributed by atoms with Crippen LogP contribution in [0.3, 0.4) is 0 Å². The van der Waals surface area contributed by atoms with E-state index in [2.05, 4.69) is 11.4 Å². The van der Waals surface area contributed by atoms with Crippen molar-refractivity contribution in [3.8, 4) is 0 Å². The smallest absolute Gasteiger partial charge is 0.325 e. The number of nitrogens with one attached hydrogen (secondary N) is 1. The Kier molecular flexibility index (Phi) is 4.70. The Morgan fingerprint density at radius 2 is 1.63 bits per heavy atom. The van der Waals surface area contributed by atoms with Crippen LogP contribution in [0.1, 0.15) is 34.7 Å². The molecule has 4 nitrogen and oxygen atoms in total. The number of amides is 1. The predicted octanol–water partition coefficient (Wildman–Crippen LogP) is 2.05. The van der Waals surface area contributed by atoms with Crippen LogP contribution in [-0.2, 0) is 16.0 Å². The second kappa shape index (κ2) is 5.87. The summed E-state index contributed by atoms with van der Waals surface area (Å²) in [6.07, 6.45) is 0.220. The molecule has 2 N–H and O–H groups in total. The lowest BCUT2D eigenvalue weighted by Gasteiger charge is -2.16. The Bertz CT molecular complexity index is 494. The molecule has 0 radical (unpaired) electrons. The van der Waals surface area contributed by atoms with E-state index in [-0.39, 0.29) is 12.3 Å². The van der Waals surface area contributed by atoms with Crippen molar-refractivity contribution in [1.29, 1.82) is 0 Å². The second-order valence-electron chi connectivity index (χ2n) is 5.04. The van der Waals surface area contributed by atoms with Gasteiger partial charge in [-0.1, -0.05) is 6.07 Å². The molecule has 0 saturated carbocycles. The molecule has 0 heterocycles. The minimum Gasteiger partial charge on any atom is -0.480 e. The van der Waals surface area contributed by atoms with Gasteiger partial charge in [-0.05, 0) is 62.4 Å². The predicted molar refractivity (Wildman–Crippen MR) is 74.3 cm³/mol. The molecular weight excluding hydrogens is 242 g/mol. The number of carbonyl (C=O) groups is 2. The molecule has 1 aromatic carbocycles. The first-order valence-electron chi connectivity index (χ1n) is 6.32. The molecule has 1 rings (SSSR count). The number of hydrogen-bond donors (Lipinski definition) is 2. The van der Waals surface area contributed by atoms with Gasteiger partial charge in [-0.3, -0.25) is 9.59 Å². The van der Waals surface area contributed by atoms with E-state index in [0.717, 1.165) is 27.8 Å². The maximum Gasteiger partial charge on any atom is 0.325 e. The standard InChI is InChI=1S/C15H21NO3/c1-8-6-9(2)11(4)13(10(8)3)7-14(17)16-12(5)15(18)19/h6,12H,7H2,1-5H3,(H,16,17)(H,18,19). The normalized spacial score (nSPS) is 12.1. The van der Waals surface area contributed by atoms with E-state index in [0.29, 0.717) is 0 Å². The quantitative estimate of drug-likeness (QED) is 0.873. The van der Waals surface area contributed by atoms with Crippen molar-refractivity contribution in [2.75, 3.05) is 0 Å². The summed E-state index contributed by atoms with van der Waals surface area (Å²) in [5.41, 5.74) is 5.49. The molecule has 19 heavy (non-hydrogen) atoms. The van der Waals surface area contributed by atoms with E-state index in [1.807, 2.05) is 27.7 Å². The van der Waals surface area contributed by atoms with Crippen LogP contribution < -0.4 is 5.32 Å². The van der Waals surface area contributed by atoms with E-state index < -0.39 is 12.0 Å². The summed E-state index contributed by atoms with van der Waals surface area (Å²) in [6, 6.07) is 1.24. The minimum atomic E-state index is -1.03. The van der Waals surface area contributed by atoms with Gasteiger partial charge >= 0.3 is 5.97 Å². The summed E-state index contributed by atoms with van der Waals surface area (Å²) in [7, 11) is 0. The van der Waals surface area contributed by atoms with Gasteiger partial charge in [0.2, 0.25) is 5.91 Å². The topological polar surface area (TPSA) is 66.4 Å². The van der Waals surface area contributed by atoms with Crippen molar-refractivity contribution in [3.05, 3.63) is 33.9 Å². The van der Waals surface area contributed by atoms with E-state index in [4.69, 9.17) is 5.11 Å². The zero-order chi connectivity index (χ0) is 14.7. The molecule has 1 amide bonds. The van der Waals surface area contributed by atoms with Gasteiger partial charge in [-0.2, -0.15) is 0 Å².